The number of rotatable bonds is 5. The van der Waals surface area contributed by atoms with Crippen LogP contribution in [0.3, 0.4) is 0 Å². The first-order valence-corrected chi connectivity index (χ1v) is 5.18. The average molecular weight is 261 g/mol. The molecule has 0 radical (unpaired) electrons. The van der Waals surface area contributed by atoms with Crippen molar-refractivity contribution in [3.05, 3.63) is 22.7 Å². The van der Waals surface area contributed by atoms with Crippen molar-refractivity contribution in [2.24, 2.45) is 0 Å². The maximum absolute atomic E-state index is 10.6. The van der Waals surface area contributed by atoms with Crippen molar-refractivity contribution in [2.45, 2.75) is 12.5 Å². The van der Waals surface area contributed by atoms with Crippen LogP contribution in [0.5, 0.6) is 11.5 Å². The van der Waals surface area contributed by atoms with E-state index in [1.165, 1.54) is 20.3 Å². The molecule has 0 spiro atoms. The quantitative estimate of drug-likeness (QED) is 0.836. The number of hydrogen-bond acceptors (Lipinski definition) is 4. The number of ether oxygens (including phenoxy) is 2. The molecule has 0 fully saturated rings. The van der Waals surface area contributed by atoms with Gasteiger partial charge in [-0.2, -0.15) is 0 Å². The van der Waals surface area contributed by atoms with Crippen LogP contribution in [0.1, 0.15) is 5.56 Å². The van der Waals surface area contributed by atoms with Gasteiger partial charge in [-0.05, 0) is 6.07 Å². The Morgan fingerprint density at radius 1 is 1.35 bits per heavy atom. The summed E-state index contributed by atoms with van der Waals surface area (Å²) < 4.78 is 10.1. The second-order valence-electron chi connectivity index (χ2n) is 3.36. The molecule has 1 rings (SSSR count). The molecular weight excluding hydrogens is 248 g/mol. The van der Waals surface area contributed by atoms with Crippen LogP contribution in [0.15, 0.2) is 12.1 Å². The molecule has 0 aliphatic rings. The molecule has 0 amide bonds. The van der Waals surface area contributed by atoms with Gasteiger partial charge in [0.2, 0.25) is 0 Å². The molecule has 1 aromatic rings. The zero-order valence-electron chi connectivity index (χ0n) is 9.44. The van der Waals surface area contributed by atoms with Gasteiger partial charge in [-0.15, -0.1) is 0 Å². The third-order valence-corrected chi connectivity index (χ3v) is 2.55. The van der Waals surface area contributed by atoms with E-state index < -0.39 is 12.1 Å². The van der Waals surface area contributed by atoms with E-state index in [-0.39, 0.29) is 6.42 Å². The lowest BCUT2D eigenvalue weighted by molar-refractivity contribution is -0.146. The summed E-state index contributed by atoms with van der Waals surface area (Å²) in [6, 6.07) is 3.07. The molecule has 1 unspecified atom stereocenters. The second kappa shape index (κ2) is 5.75. The first-order valence-electron chi connectivity index (χ1n) is 4.80. The Kier molecular flexibility index (Phi) is 4.60. The predicted molar refractivity (Wildman–Crippen MR) is 61.9 cm³/mol. The lowest BCUT2D eigenvalue weighted by atomic mass is 10.1. The highest BCUT2D eigenvalue weighted by Crippen LogP contribution is 2.33. The van der Waals surface area contributed by atoms with Crippen LogP contribution >= 0.6 is 11.6 Å². The molecule has 5 nitrogen and oxygen atoms in total. The lowest BCUT2D eigenvalue weighted by Gasteiger charge is -2.13. The van der Waals surface area contributed by atoms with Gasteiger partial charge in [-0.1, -0.05) is 11.6 Å². The number of carbonyl (C=O) groups is 1. The summed E-state index contributed by atoms with van der Waals surface area (Å²) in [5.74, 6) is -0.475. The number of benzene rings is 1. The van der Waals surface area contributed by atoms with E-state index in [4.69, 9.17) is 26.2 Å². The Bertz CT molecular complexity index is 419. The average Bonchev–Trinajstić information content (AvgIpc) is 2.30. The second-order valence-corrected chi connectivity index (χ2v) is 3.76. The van der Waals surface area contributed by atoms with Crippen LogP contribution in [-0.2, 0) is 11.2 Å². The van der Waals surface area contributed by atoms with E-state index in [9.17, 15) is 9.90 Å². The van der Waals surface area contributed by atoms with E-state index in [0.29, 0.717) is 22.1 Å². The van der Waals surface area contributed by atoms with Crippen molar-refractivity contribution in [3.8, 4) is 11.5 Å². The number of hydrogen-bond donors (Lipinski definition) is 2. The molecule has 0 aliphatic carbocycles. The summed E-state index contributed by atoms with van der Waals surface area (Å²) in [5.41, 5.74) is 0.517. The van der Waals surface area contributed by atoms with Crippen LogP contribution < -0.4 is 9.47 Å². The Balaban J connectivity index is 3.08. The number of carboxylic acid groups (broad SMARTS) is 1. The van der Waals surface area contributed by atoms with Gasteiger partial charge >= 0.3 is 5.97 Å². The Morgan fingerprint density at radius 3 is 2.41 bits per heavy atom. The lowest BCUT2D eigenvalue weighted by Crippen LogP contribution is -2.22. The standard InChI is InChI=1S/C11H13ClO5/c1-16-9-5-7(12)10(17-2)4-6(9)3-8(13)11(14)15/h4-5,8,13H,3H2,1-2H3,(H,14,15). The van der Waals surface area contributed by atoms with E-state index in [2.05, 4.69) is 0 Å². The van der Waals surface area contributed by atoms with Gasteiger partial charge in [0.15, 0.2) is 6.10 Å². The van der Waals surface area contributed by atoms with Gasteiger partial charge in [-0.25, -0.2) is 4.79 Å². The zero-order valence-corrected chi connectivity index (χ0v) is 10.2. The molecule has 0 aromatic heterocycles. The number of aliphatic carboxylic acids is 1. The highest BCUT2D eigenvalue weighted by atomic mass is 35.5. The maximum Gasteiger partial charge on any atom is 0.332 e. The molecular formula is C11H13ClO5. The van der Waals surface area contributed by atoms with Gasteiger partial charge in [0.1, 0.15) is 11.5 Å². The summed E-state index contributed by atoms with van der Waals surface area (Å²) in [7, 11) is 2.89. The largest absolute Gasteiger partial charge is 0.496 e. The molecule has 1 aromatic carbocycles. The molecule has 6 heteroatoms. The summed E-state index contributed by atoms with van der Waals surface area (Å²) in [6.45, 7) is 0. The summed E-state index contributed by atoms with van der Waals surface area (Å²) in [6.07, 6.45) is -1.57. The topological polar surface area (TPSA) is 76.0 Å². The Hall–Kier alpha value is -1.46. The van der Waals surface area contributed by atoms with Crippen LogP contribution in [-0.4, -0.2) is 36.5 Å². The van der Waals surface area contributed by atoms with Crippen molar-refractivity contribution in [2.75, 3.05) is 14.2 Å². The molecule has 0 aliphatic heterocycles. The number of aliphatic hydroxyl groups excluding tert-OH is 1. The highest BCUT2D eigenvalue weighted by Gasteiger charge is 2.18. The minimum absolute atomic E-state index is 0.0773. The molecule has 0 saturated carbocycles. The zero-order chi connectivity index (χ0) is 13.0. The van der Waals surface area contributed by atoms with Gasteiger partial charge in [-0.3, -0.25) is 0 Å². The SMILES string of the molecule is COc1cc(CC(O)C(=O)O)c(OC)cc1Cl. The van der Waals surface area contributed by atoms with Gasteiger partial charge in [0.05, 0.1) is 19.2 Å². The molecule has 94 valence electrons. The molecule has 0 saturated heterocycles. The van der Waals surface area contributed by atoms with Crippen LogP contribution in [0.4, 0.5) is 0 Å². The summed E-state index contributed by atoms with van der Waals surface area (Å²) in [5, 5.41) is 18.3. The fraction of sp³-hybridized carbons (Fsp3) is 0.364. The monoisotopic (exact) mass is 260 g/mol. The number of aliphatic hydroxyl groups is 1. The first-order chi connectivity index (χ1) is 7.99. The minimum atomic E-state index is -1.49. The number of carboxylic acids is 1. The van der Waals surface area contributed by atoms with Gasteiger partial charge in [0.25, 0.3) is 0 Å². The molecule has 0 bridgehead atoms. The molecule has 0 heterocycles. The third-order valence-electron chi connectivity index (χ3n) is 2.25. The fourth-order valence-corrected chi connectivity index (χ4v) is 1.61. The smallest absolute Gasteiger partial charge is 0.332 e. The first kappa shape index (κ1) is 13.6. The molecule has 17 heavy (non-hydrogen) atoms. The van der Waals surface area contributed by atoms with E-state index >= 15 is 0 Å². The van der Waals surface area contributed by atoms with Gasteiger partial charge < -0.3 is 19.7 Å². The van der Waals surface area contributed by atoms with E-state index in [1.807, 2.05) is 0 Å². The number of halogens is 1. The summed E-state index contributed by atoms with van der Waals surface area (Å²) in [4.78, 5) is 10.6. The predicted octanol–water partition coefficient (Wildman–Crippen LogP) is 1.35. The highest BCUT2D eigenvalue weighted by molar-refractivity contribution is 6.32. The van der Waals surface area contributed by atoms with Crippen molar-refractivity contribution in [1.82, 2.24) is 0 Å². The Morgan fingerprint density at radius 2 is 1.94 bits per heavy atom. The molecule has 1 atom stereocenters. The van der Waals surface area contributed by atoms with Gasteiger partial charge in [0, 0.05) is 18.1 Å². The summed E-state index contributed by atoms with van der Waals surface area (Å²) >= 11 is 5.90. The number of methoxy groups -OCH3 is 2. The van der Waals surface area contributed by atoms with Crippen molar-refractivity contribution in [1.29, 1.82) is 0 Å². The van der Waals surface area contributed by atoms with Crippen LogP contribution in [0, 0.1) is 0 Å². The van der Waals surface area contributed by atoms with Crippen molar-refractivity contribution < 1.29 is 24.5 Å². The third kappa shape index (κ3) is 3.25. The molecule has 2 N–H and O–H groups in total. The van der Waals surface area contributed by atoms with Crippen LogP contribution in [0.25, 0.3) is 0 Å². The fourth-order valence-electron chi connectivity index (χ4n) is 1.38. The van der Waals surface area contributed by atoms with Crippen molar-refractivity contribution >= 4 is 17.6 Å². The normalized spacial score (nSPS) is 12.0. The minimum Gasteiger partial charge on any atom is -0.496 e. The van der Waals surface area contributed by atoms with Crippen LogP contribution in [0.2, 0.25) is 5.02 Å². The van der Waals surface area contributed by atoms with Crippen molar-refractivity contribution in [3.63, 3.8) is 0 Å². The Labute approximate surface area is 104 Å². The maximum atomic E-state index is 10.6. The van der Waals surface area contributed by atoms with E-state index in [1.54, 1.807) is 6.07 Å². The van der Waals surface area contributed by atoms with E-state index in [0.717, 1.165) is 0 Å².